The summed E-state index contributed by atoms with van der Waals surface area (Å²) in [5.41, 5.74) is 0.244. The topological polar surface area (TPSA) is 98.7 Å². The number of carboxylic acid groups (broad SMARTS) is 1. The second kappa shape index (κ2) is 7.53. The summed E-state index contributed by atoms with van der Waals surface area (Å²) in [7, 11) is 0. The number of rotatable bonds is 4. The molecule has 3 amide bonds. The number of hydrogen-bond acceptors (Lipinski definition) is 3. The Bertz CT molecular complexity index is 663. The van der Waals surface area contributed by atoms with Gasteiger partial charge in [-0.25, -0.2) is 9.59 Å². The van der Waals surface area contributed by atoms with Gasteiger partial charge in [0.05, 0.1) is 10.6 Å². The van der Waals surface area contributed by atoms with Gasteiger partial charge in [-0.15, -0.1) is 0 Å². The number of amides is 3. The number of halogens is 1. The maximum Gasteiger partial charge on any atom is 0.337 e. The molecule has 8 heteroatoms. The Morgan fingerprint density at radius 3 is 2.67 bits per heavy atom. The summed E-state index contributed by atoms with van der Waals surface area (Å²) in [6, 6.07) is 3.38. The monoisotopic (exact) mass is 353 g/mol. The van der Waals surface area contributed by atoms with E-state index in [1.54, 1.807) is 0 Å². The molecule has 1 aromatic rings. The van der Waals surface area contributed by atoms with Crippen molar-refractivity contribution in [3.63, 3.8) is 0 Å². The van der Waals surface area contributed by atoms with Gasteiger partial charge in [0.1, 0.15) is 6.04 Å². The number of carbonyl (C=O) groups excluding carboxylic acids is 2. The zero-order chi connectivity index (χ0) is 17.9. The van der Waals surface area contributed by atoms with E-state index in [1.807, 2.05) is 13.8 Å². The maximum atomic E-state index is 12.5. The van der Waals surface area contributed by atoms with E-state index in [1.165, 1.54) is 23.1 Å². The average Bonchev–Trinajstić information content (AvgIpc) is 2.98. The molecule has 1 aliphatic heterocycles. The third-order valence-electron chi connectivity index (χ3n) is 3.69. The van der Waals surface area contributed by atoms with E-state index < -0.39 is 12.0 Å². The normalized spacial score (nSPS) is 17.0. The molecular formula is C16H20ClN3O4. The Balaban J connectivity index is 2.10. The quantitative estimate of drug-likeness (QED) is 0.774. The molecule has 0 radical (unpaired) electrons. The highest BCUT2D eigenvalue weighted by atomic mass is 35.5. The molecule has 0 aliphatic carbocycles. The standard InChI is InChI=1S/C16H20ClN3O4/c1-9(2)18-16(24)20-7-3-4-13(20)14(21)19-10-5-6-12(17)11(8-10)15(22)23/h5-6,8-9,13H,3-4,7H2,1-2H3,(H,18,24)(H,19,21)(H,22,23)/t13-/m0/s1. The van der Waals surface area contributed by atoms with E-state index in [2.05, 4.69) is 10.6 Å². The predicted octanol–water partition coefficient (Wildman–Crippen LogP) is 2.56. The smallest absolute Gasteiger partial charge is 0.337 e. The number of urea groups is 1. The van der Waals surface area contributed by atoms with Crippen molar-refractivity contribution in [1.82, 2.24) is 10.2 Å². The molecule has 1 aliphatic rings. The Hall–Kier alpha value is -2.28. The largest absolute Gasteiger partial charge is 0.478 e. The molecule has 1 saturated heterocycles. The van der Waals surface area contributed by atoms with Gasteiger partial charge in [-0.2, -0.15) is 0 Å². The fourth-order valence-electron chi connectivity index (χ4n) is 2.60. The van der Waals surface area contributed by atoms with Crippen molar-refractivity contribution in [2.75, 3.05) is 11.9 Å². The Morgan fingerprint density at radius 2 is 2.04 bits per heavy atom. The lowest BCUT2D eigenvalue weighted by Gasteiger charge is -2.25. The molecule has 0 saturated carbocycles. The van der Waals surface area contributed by atoms with E-state index in [4.69, 9.17) is 16.7 Å². The number of nitrogens with one attached hydrogen (secondary N) is 2. The van der Waals surface area contributed by atoms with Gasteiger partial charge in [0.15, 0.2) is 0 Å². The third kappa shape index (κ3) is 4.17. The van der Waals surface area contributed by atoms with Gasteiger partial charge in [-0.3, -0.25) is 4.79 Å². The number of likely N-dealkylation sites (tertiary alicyclic amines) is 1. The zero-order valence-electron chi connectivity index (χ0n) is 13.5. The van der Waals surface area contributed by atoms with Gasteiger partial charge in [-0.1, -0.05) is 11.6 Å². The summed E-state index contributed by atoms with van der Waals surface area (Å²) >= 11 is 5.81. The molecule has 24 heavy (non-hydrogen) atoms. The molecule has 3 N–H and O–H groups in total. The SMILES string of the molecule is CC(C)NC(=O)N1CCC[C@H]1C(=O)Nc1ccc(Cl)c(C(=O)O)c1. The minimum Gasteiger partial charge on any atom is -0.478 e. The van der Waals surface area contributed by atoms with Crippen LogP contribution in [0.5, 0.6) is 0 Å². The van der Waals surface area contributed by atoms with Gasteiger partial charge < -0.3 is 20.6 Å². The van der Waals surface area contributed by atoms with E-state index in [0.717, 1.165) is 6.42 Å². The Kier molecular flexibility index (Phi) is 5.66. The van der Waals surface area contributed by atoms with Crippen LogP contribution in [-0.4, -0.2) is 46.5 Å². The molecule has 0 spiro atoms. The van der Waals surface area contributed by atoms with Crippen molar-refractivity contribution in [2.24, 2.45) is 0 Å². The molecule has 7 nitrogen and oxygen atoms in total. The van der Waals surface area contributed by atoms with E-state index >= 15 is 0 Å². The van der Waals surface area contributed by atoms with Crippen molar-refractivity contribution >= 4 is 35.2 Å². The molecule has 1 fully saturated rings. The van der Waals surface area contributed by atoms with Gasteiger partial charge in [0.25, 0.3) is 0 Å². The summed E-state index contributed by atoms with van der Waals surface area (Å²) in [6.45, 7) is 4.21. The zero-order valence-corrected chi connectivity index (χ0v) is 14.3. The summed E-state index contributed by atoms with van der Waals surface area (Å²) < 4.78 is 0. The lowest BCUT2D eigenvalue weighted by atomic mass is 10.1. The van der Waals surface area contributed by atoms with Crippen LogP contribution in [0.2, 0.25) is 5.02 Å². The van der Waals surface area contributed by atoms with E-state index in [9.17, 15) is 14.4 Å². The van der Waals surface area contributed by atoms with Crippen LogP contribution in [0.15, 0.2) is 18.2 Å². The predicted molar refractivity (Wildman–Crippen MR) is 90.4 cm³/mol. The van der Waals surface area contributed by atoms with Gasteiger partial charge in [0.2, 0.25) is 5.91 Å². The second-order valence-electron chi connectivity index (χ2n) is 5.94. The molecule has 0 unspecified atom stereocenters. The van der Waals surface area contributed by atoms with Crippen LogP contribution in [0.4, 0.5) is 10.5 Å². The Labute approximate surface area is 145 Å². The lowest BCUT2D eigenvalue weighted by molar-refractivity contribution is -0.119. The first-order valence-corrected chi connectivity index (χ1v) is 8.08. The summed E-state index contributed by atoms with van der Waals surface area (Å²) in [4.78, 5) is 37.2. The summed E-state index contributed by atoms with van der Waals surface area (Å²) in [5.74, 6) is -1.51. The first kappa shape index (κ1) is 18.1. The van der Waals surface area contributed by atoms with Crippen molar-refractivity contribution in [3.8, 4) is 0 Å². The first-order chi connectivity index (χ1) is 11.3. The molecule has 1 heterocycles. The van der Waals surface area contributed by atoms with Crippen molar-refractivity contribution in [1.29, 1.82) is 0 Å². The minimum atomic E-state index is -1.17. The highest BCUT2D eigenvalue weighted by Crippen LogP contribution is 2.23. The van der Waals surface area contributed by atoms with Crippen LogP contribution in [-0.2, 0) is 4.79 Å². The van der Waals surface area contributed by atoms with Crippen LogP contribution in [0.25, 0.3) is 0 Å². The number of benzene rings is 1. The molecule has 1 atom stereocenters. The number of aromatic carboxylic acids is 1. The van der Waals surface area contributed by atoms with E-state index in [0.29, 0.717) is 18.7 Å². The van der Waals surface area contributed by atoms with Crippen molar-refractivity contribution in [3.05, 3.63) is 28.8 Å². The first-order valence-electron chi connectivity index (χ1n) is 7.70. The molecule has 0 bridgehead atoms. The molecule has 0 aromatic heterocycles. The van der Waals surface area contributed by atoms with Crippen LogP contribution in [0, 0.1) is 0 Å². The van der Waals surface area contributed by atoms with E-state index in [-0.39, 0.29) is 28.6 Å². The van der Waals surface area contributed by atoms with Gasteiger partial charge >= 0.3 is 12.0 Å². The summed E-state index contributed by atoms with van der Waals surface area (Å²) in [5, 5.41) is 14.6. The van der Waals surface area contributed by atoms with Crippen LogP contribution < -0.4 is 10.6 Å². The fourth-order valence-corrected chi connectivity index (χ4v) is 2.80. The number of hydrogen-bond donors (Lipinski definition) is 3. The number of carbonyl (C=O) groups is 3. The number of carboxylic acids is 1. The van der Waals surface area contributed by atoms with Crippen LogP contribution in [0.1, 0.15) is 37.0 Å². The molecule has 130 valence electrons. The minimum absolute atomic E-state index is 0.0174. The van der Waals surface area contributed by atoms with Crippen molar-refractivity contribution < 1.29 is 19.5 Å². The van der Waals surface area contributed by atoms with Gasteiger partial charge in [0, 0.05) is 18.3 Å². The van der Waals surface area contributed by atoms with Crippen molar-refractivity contribution in [2.45, 2.75) is 38.8 Å². The number of nitrogens with zero attached hydrogens (tertiary/aromatic N) is 1. The Morgan fingerprint density at radius 1 is 1.33 bits per heavy atom. The average molecular weight is 354 g/mol. The van der Waals surface area contributed by atoms with Crippen LogP contribution in [0.3, 0.4) is 0 Å². The molecular weight excluding hydrogens is 334 g/mol. The van der Waals surface area contributed by atoms with Crippen LogP contribution >= 0.6 is 11.6 Å². The lowest BCUT2D eigenvalue weighted by Crippen LogP contribution is -2.49. The number of anilines is 1. The highest BCUT2D eigenvalue weighted by Gasteiger charge is 2.34. The molecule has 2 rings (SSSR count). The third-order valence-corrected chi connectivity index (χ3v) is 4.02. The molecule has 1 aromatic carbocycles. The highest BCUT2D eigenvalue weighted by molar-refractivity contribution is 6.33. The van der Waals surface area contributed by atoms with Gasteiger partial charge in [-0.05, 0) is 44.9 Å². The summed E-state index contributed by atoms with van der Waals surface area (Å²) in [6.07, 6.45) is 1.31. The maximum absolute atomic E-state index is 12.5. The second-order valence-corrected chi connectivity index (χ2v) is 6.35. The fraction of sp³-hybridized carbons (Fsp3) is 0.438.